The van der Waals surface area contributed by atoms with Gasteiger partial charge in [-0.25, -0.2) is 0 Å². The van der Waals surface area contributed by atoms with E-state index in [-0.39, 0.29) is 0 Å². The Labute approximate surface area is 93.7 Å². The minimum atomic E-state index is 0.462. The molecule has 1 unspecified atom stereocenters. The van der Waals surface area contributed by atoms with E-state index < -0.39 is 0 Å². The van der Waals surface area contributed by atoms with Gasteiger partial charge < -0.3 is 0 Å². The lowest BCUT2D eigenvalue weighted by Crippen LogP contribution is -1.88. The second-order valence-electron chi connectivity index (χ2n) is 4.57. The van der Waals surface area contributed by atoms with Gasteiger partial charge in [0.15, 0.2) is 0 Å². The molecule has 14 heavy (non-hydrogen) atoms. The highest BCUT2D eigenvalue weighted by Gasteiger charge is 2.48. The quantitative estimate of drug-likeness (QED) is 0.743. The molecule has 1 aliphatic rings. The summed E-state index contributed by atoms with van der Waals surface area (Å²) in [4.78, 5) is 0. The Kier molecular flexibility index (Phi) is 2.80. The number of hydrogen-bond donors (Lipinski definition) is 0. The molecule has 2 nitrogen and oxygen atoms in total. The molecule has 0 aliphatic heterocycles. The average molecular weight is 231 g/mol. The summed E-state index contributed by atoms with van der Waals surface area (Å²) >= 11 is 7.40. The van der Waals surface area contributed by atoms with Crippen LogP contribution < -0.4 is 0 Å². The van der Waals surface area contributed by atoms with E-state index in [1.807, 2.05) is 0 Å². The third-order valence-corrected chi connectivity index (χ3v) is 4.18. The minimum Gasteiger partial charge on any atom is -0.144 e. The molecule has 0 amide bonds. The normalized spacial score (nSPS) is 23.8. The summed E-state index contributed by atoms with van der Waals surface area (Å²) in [6, 6.07) is 0. The van der Waals surface area contributed by atoms with E-state index in [1.165, 1.54) is 11.4 Å². The first-order valence-electron chi connectivity index (χ1n) is 5.02. The maximum Gasteiger partial charge on any atom is 0.121 e. The maximum atomic E-state index is 5.63. The van der Waals surface area contributed by atoms with E-state index in [1.54, 1.807) is 11.3 Å². The summed E-state index contributed by atoms with van der Waals surface area (Å²) in [5.41, 5.74) is 0.462. The molecule has 2 rings (SSSR count). The molecule has 1 atom stereocenters. The number of aromatic nitrogens is 2. The van der Waals surface area contributed by atoms with Crippen molar-refractivity contribution in [3.05, 3.63) is 10.0 Å². The van der Waals surface area contributed by atoms with E-state index >= 15 is 0 Å². The second-order valence-corrected chi connectivity index (χ2v) is 6.04. The Morgan fingerprint density at radius 2 is 2.21 bits per heavy atom. The predicted octanol–water partition coefficient (Wildman–Crippen LogP) is 3.22. The number of nitrogens with zero attached hydrogens (tertiary/aromatic N) is 2. The minimum absolute atomic E-state index is 0.462. The number of alkyl halides is 1. The second kappa shape index (κ2) is 3.78. The van der Waals surface area contributed by atoms with Gasteiger partial charge in [0.25, 0.3) is 0 Å². The summed E-state index contributed by atoms with van der Waals surface area (Å²) in [6.07, 6.45) is 3.25. The third kappa shape index (κ3) is 2.09. The lowest BCUT2D eigenvalue weighted by Gasteiger charge is -1.96. The van der Waals surface area contributed by atoms with Crippen molar-refractivity contribution in [2.24, 2.45) is 5.41 Å². The number of aryl methyl sites for hydroxylation is 1. The zero-order valence-corrected chi connectivity index (χ0v) is 10.2. The van der Waals surface area contributed by atoms with Crippen molar-refractivity contribution >= 4 is 22.9 Å². The van der Waals surface area contributed by atoms with Gasteiger partial charge in [0.1, 0.15) is 10.0 Å². The first-order chi connectivity index (χ1) is 6.63. The van der Waals surface area contributed by atoms with Gasteiger partial charge in [-0.05, 0) is 18.3 Å². The van der Waals surface area contributed by atoms with Crippen molar-refractivity contribution in [2.75, 3.05) is 5.88 Å². The van der Waals surface area contributed by atoms with Crippen molar-refractivity contribution in [3.8, 4) is 0 Å². The molecule has 0 saturated heterocycles. The van der Waals surface area contributed by atoms with Gasteiger partial charge in [0.2, 0.25) is 0 Å². The molecule has 4 heteroatoms. The fraction of sp³-hybridized carbons (Fsp3) is 0.800. The lowest BCUT2D eigenvalue weighted by molar-refractivity contribution is 0.618. The Morgan fingerprint density at radius 3 is 2.79 bits per heavy atom. The Balaban J connectivity index is 1.97. The highest BCUT2D eigenvalue weighted by Crippen LogP contribution is 2.58. The van der Waals surface area contributed by atoms with Crippen LogP contribution in [0.5, 0.6) is 0 Å². The standard InChI is InChI=1S/C10H15ClN2S/c1-10(2)6-7(10)9-13-12-8(14-9)4-3-5-11/h7H,3-6H2,1-2H3. The van der Waals surface area contributed by atoms with Crippen LogP contribution in [-0.4, -0.2) is 16.1 Å². The number of rotatable bonds is 4. The molecule has 0 bridgehead atoms. The van der Waals surface area contributed by atoms with E-state index in [4.69, 9.17) is 11.6 Å². The van der Waals surface area contributed by atoms with Crippen LogP contribution in [0.2, 0.25) is 0 Å². The van der Waals surface area contributed by atoms with E-state index in [0.29, 0.717) is 17.2 Å². The van der Waals surface area contributed by atoms with Gasteiger partial charge in [-0.15, -0.1) is 33.1 Å². The van der Waals surface area contributed by atoms with Crippen LogP contribution in [0.15, 0.2) is 0 Å². The summed E-state index contributed by atoms with van der Waals surface area (Å²) in [7, 11) is 0. The fourth-order valence-electron chi connectivity index (χ4n) is 1.62. The fourth-order valence-corrected chi connectivity index (χ4v) is 2.94. The highest BCUT2D eigenvalue weighted by atomic mass is 35.5. The zero-order valence-electron chi connectivity index (χ0n) is 8.59. The first kappa shape index (κ1) is 10.4. The molecule has 0 radical (unpaired) electrons. The van der Waals surface area contributed by atoms with Crippen LogP contribution in [0.25, 0.3) is 0 Å². The van der Waals surface area contributed by atoms with Crippen molar-refractivity contribution in [2.45, 2.75) is 39.0 Å². The molecular weight excluding hydrogens is 216 g/mol. The molecule has 0 aromatic carbocycles. The van der Waals surface area contributed by atoms with Crippen molar-refractivity contribution in [3.63, 3.8) is 0 Å². The molecular formula is C10H15ClN2S. The molecule has 1 aliphatic carbocycles. The molecule has 1 saturated carbocycles. The van der Waals surface area contributed by atoms with Gasteiger partial charge in [-0.2, -0.15) is 0 Å². The smallest absolute Gasteiger partial charge is 0.121 e. The monoisotopic (exact) mass is 230 g/mol. The molecule has 78 valence electrons. The zero-order chi connectivity index (χ0) is 10.2. The van der Waals surface area contributed by atoms with Gasteiger partial charge in [-0.1, -0.05) is 13.8 Å². The Bertz CT molecular complexity index is 322. The third-order valence-electron chi connectivity index (χ3n) is 2.82. The Hall–Kier alpha value is -0.150. The topological polar surface area (TPSA) is 25.8 Å². The van der Waals surface area contributed by atoms with Crippen molar-refractivity contribution in [1.82, 2.24) is 10.2 Å². The summed E-state index contributed by atoms with van der Waals surface area (Å²) in [5, 5.41) is 10.8. The number of halogens is 1. The van der Waals surface area contributed by atoms with Crippen LogP contribution >= 0.6 is 22.9 Å². The summed E-state index contributed by atoms with van der Waals surface area (Å²) in [6.45, 7) is 4.58. The van der Waals surface area contributed by atoms with Gasteiger partial charge >= 0.3 is 0 Å². The van der Waals surface area contributed by atoms with Gasteiger partial charge in [-0.3, -0.25) is 0 Å². The lowest BCUT2D eigenvalue weighted by atomic mass is 10.1. The van der Waals surface area contributed by atoms with Gasteiger partial charge in [0.05, 0.1) is 0 Å². The summed E-state index contributed by atoms with van der Waals surface area (Å²) < 4.78 is 0. The highest BCUT2D eigenvalue weighted by molar-refractivity contribution is 7.11. The van der Waals surface area contributed by atoms with Crippen LogP contribution in [0.3, 0.4) is 0 Å². The van der Waals surface area contributed by atoms with Crippen LogP contribution in [0.4, 0.5) is 0 Å². The van der Waals surface area contributed by atoms with Crippen molar-refractivity contribution in [1.29, 1.82) is 0 Å². The molecule has 1 aromatic rings. The number of hydrogen-bond acceptors (Lipinski definition) is 3. The molecule has 1 heterocycles. The predicted molar refractivity (Wildman–Crippen MR) is 60.1 cm³/mol. The molecule has 1 fully saturated rings. The maximum absolute atomic E-state index is 5.63. The largest absolute Gasteiger partial charge is 0.144 e. The summed E-state index contributed by atoms with van der Waals surface area (Å²) in [5.74, 6) is 1.37. The van der Waals surface area contributed by atoms with E-state index in [9.17, 15) is 0 Å². The molecule has 1 aromatic heterocycles. The SMILES string of the molecule is CC1(C)CC1c1nnc(CCCCl)s1. The van der Waals surface area contributed by atoms with Crippen LogP contribution in [0, 0.1) is 5.41 Å². The van der Waals surface area contributed by atoms with E-state index in [0.717, 1.165) is 17.8 Å². The average Bonchev–Trinajstić information content (AvgIpc) is 2.63. The van der Waals surface area contributed by atoms with E-state index in [2.05, 4.69) is 24.0 Å². The molecule has 0 N–H and O–H groups in total. The Morgan fingerprint density at radius 1 is 1.50 bits per heavy atom. The van der Waals surface area contributed by atoms with Crippen LogP contribution in [0.1, 0.15) is 42.6 Å². The first-order valence-corrected chi connectivity index (χ1v) is 6.37. The van der Waals surface area contributed by atoms with Crippen LogP contribution in [-0.2, 0) is 6.42 Å². The molecule has 0 spiro atoms. The van der Waals surface area contributed by atoms with Gasteiger partial charge in [0, 0.05) is 18.2 Å². The van der Waals surface area contributed by atoms with Crippen molar-refractivity contribution < 1.29 is 0 Å².